The summed E-state index contributed by atoms with van der Waals surface area (Å²) >= 11 is 0. The van der Waals surface area contributed by atoms with Gasteiger partial charge in [0.15, 0.2) is 0 Å². The number of carbonyl (C=O) groups excluding carboxylic acids is 1. The topological polar surface area (TPSA) is 55.1 Å². The molecule has 1 aliphatic carbocycles. The van der Waals surface area contributed by atoms with Gasteiger partial charge in [-0.1, -0.05) is 18.2 Å². The molecule has 1 fully saturated rings. The van der Waals surface area contributed by atoms with E-state index in [0.717, 1.165) is 18.4 Å². The molecule has 3 N–H and O–H groups in total. The average molecular weight is 204 g/mol. The van der Waals surface area contributed by atoms with Crippen LogP contribution in [0.5, 0.6) is 0 Å². The Morgan fingerprint density at radius 1 is 1.33 bits per heavy atom. The van der Waals surface area contributed by atoms with Gasteiger partial charge in [0.2, 0.25) is 5.91 Å². The second-order valence-electron chi connectivity index (χ2n) is 4.35. The molecular weight excluding hydrogens is 188 g/mol. The van der Waals surface area contributed by atoms with Crippen LogP contribution in [0.2, 0.25) is 0 Å². The molecular formula is C12H16N2O. The summed E-state index contributed by atoms with van der Waals surface area (Å²) in [7, 11) is 0. The zero-order valence-corrected chi connectivity index (χ0v) is 9.13. The Hall–Kier alpha value is -1.35. The van der Waals surface area contributed by atoms with Crippen LogP contribution in [0.25, 0.3) is 0 Å². The lowest BCUT2D eigenvalue weighted by atomic mass is 9.92. The molecule has 1 amide bonds. The van der Waals surface area contributed by atoms with E-state index in [9.17, 15) is 4.79 Å². The average Bonchev–Trinajstić information content (AvgIpc) is 3.02. The molecule has 0 bridgehead atoms. The van der Waals surface area contributed by atoms with Gasteiger partial charge in [0, 0.05) is 0 Å². The van der Waals surface area contributed by atoms with E-state index in [1.54, 1.807) is 0 Å². The zero-order valence-electron chi connectivity index (χ0n) is 9.13. The molecule has 0 saturated heterocycles. The number of benzene rings is 1. The third-order valence-corrected chi connectivity index (χ3v) is 3.38. The molecule has 3 nitrogen and oxygen atoms in total. The highest BCUT2D eigenvalue weighted by atomic mass is 16.2. The largest absolute Gasteiger partial charge is 0.293 e. The first-order valence-corrected chi connectivity index (χ1v) is 5.19. The quantitative estimate of drug-likeness (QED) is 0.434. The summed E-state index contributed by atoms with van der Waals surface area (Å²) in [4.78, 5) is 11.7. The Morgan fingerprint density at radius 2 is 2.00 bits per heavy atom. The standard InChI is InChI=1S/C12H16N2O/c1-8-3-4-10(7-9(8)2)12(5-6-12)11(15)14-13/h3-4,7H,5-6,13H2,1-2H3,(H,14,15). The van der Waals surface area contributed by atoms with E-state index in [1.807, 2.05) is 6.07 Å². The van der Waals surface area contributed by atoms with Crippen LogP contribution in [0.15, 0.2) is 18.2 Å². The van der Waals surface area contributed by atoms with Crippen LogP contribution in [0, 0.1) is 13.8 Å². The van der Waals surface area contributed by atoms with Crippen molar-refractivity contribution in [2.75, 3.05) is 0 Å². The fourth-order valence-electron chi connectivity index (χ4n) is 1.95. The first-order valence-electron chi connectivity index (χ1n) is 5.19. The van der Waals surface area contributed by atoms with Crippen LogP contribution in [0.4, 0.5) is 0 Å². The van der Waals surface area contributed by atoms with Gasteiger partial charge in [0.25, 0.3) is 0 Å². The van der Waals surface area contributed by atoms with Gasteiger partial charge < -0.3 is 0 Å². The fraction of sp³-hybridized carbons (Fsp3) is 0.417. The van der Waals surface area contributed by atoms with Gasteiger partial charge in [-0.3, -0.25) is 10.2 Å². The monoisotopic (exact) mass is 204 g/mol. The van der Waals surface area contributed by atoms with E-state index in [1.165, 1.54) is 11.1 Å². The van der Waals surface area contributed by atoms with E-state index < -0.39 is 0 Å². The van der Waals surface area contributed by atoms with Gasteiger partial charge in [-0.15, -0.1) is 0 Å². The SMILES string of the molecule is Cc1ccc(C2(C(=O)NN)CC2)cc1C. The first-order chi connectivity index (χ1) is 7.10. The highest BCUT2D eigenvalue weighted by Crippen LogP contribution is 2.48. The Bertz CT molecular complexity index is 408. The molecule has 80 valence electrons. The summed E-state index contributed by atoms with van der Waals surface area (Å²) in [6.45, 7) is 4.14. The van der Waals surface area contributed by atoms with Gasteiger partial charge in [-0.25, -0.2) is 5.84 Å². The third-order valence-electron chi connectivity index (χ3n) is 3.38. The van der Waals surface area contributed by atoms with Gasteiger partial charge in [0.1, 0.15) is 0 Å². The van der Waals surface area contributed by atoms with Crippen molar-refractivity contribution in [3.63, 3.8) is 0 Å². The molecule has 1 aromatic rings. The van der Waals surface area contributed by atoms with Crippen molar-refractivity contribution in [1.82, 2.24) is 5.43 Å². The van der Waals surface area contributed by atoms with Crippen molar-refractivity contribution in [3.05, 3.63) is 34.9 Å². The van der Waals surface area contributed by atoms with Crippen molar-refractivity contribution in [2.45, 2.75) is 32.1 Å². The van der Waals surface area contributed by atoms with Gasteiger partial charge >= 0.3 is 0 Å². The summed E-state index contributed by atoms with van der Waals surface area (Å²) in [5.74, 6) is 5.14. The van der Waals surface area contributed by atoms with Crippen LogP contribution in [-0.2, 0) is 10.2 Å². The number of nitrogens with one attached hydrogen (secondary N) is 1. The van der Waals surface area contributed by atoms with Crippen LogP contribution in [-0.4, -0.2) is 5.91 Å². The number of hydrazine groups is 1. The van der Waals surface area contributed by atoms with E-state index >= 15 is 0 Å². The molecule has 0 heterocycles. The third kappa shape index (κ3) is 1.53. The molecule has 2 rings (SSSR count). The highest BCUT2D eigenvalue weighted by Gasteiger charge is 2.51. The number of nitrogens with two attached hydrogens (primary N) is 1. The summed E-state index contributed by atoms with van der Waals surface area (Å²) in [5, 5.41) is 0. The molecule has 1 saturated carbocycles. The Kier molecular flexibility index (Phi) is 2.27. The molecule has 1 aromatic carbocycles. The fourth-order valence-corrected chi connectivity index (χ4v) is 1.95. The minimum absolute atomic E-state index is 0.0641. The lowest BCUT2D eigenvalue weighted by Crippen LogP contribution is -2.39. The maximum Gasteiger partial charge on any atom is 0.244 e. The molecule has 15 heavy (non-hydrogen) atoms. The summed E-state index contributed by atoms with van der Waals surface area (Å²) in [6.07, 6.45) is 1.80. The van der Waals surface area contributed by atoms with Crippen molar-refractivity contribution in [1.29, 1.82) is 0 Å². The summed E-state index contributed by atoms with van der Waals surface area (Å²) in [5.41, 5.74) is 5.49. The van der Waals surface area contributed by atoms with Crippen molar-refractivity contribution >= 4 is 5.91 Å². The maximum atomic E-state index is 11.7. The minimum Gasteiger partial charge on any atom is -0.293 e. The number of aryl methyl sites for hydroxylation is 2. The van der Waals surface area contributed by atoms with E-state index in [-0.39, 0.29) is 11.3 Å². The number of rotatable bonds is 2. The van der Waals surface area contributed by atoms with Crippen LogP contribution in [0.3, 0.4) is 0 Å². The highest BCUT2D eigenvalue weighted by molar-refractivity contribution is 5.90. The summed E-state index contributed by atoms with van der Waals surface area (Å²) < 4.78 is 0. The molecule has 0 aromatic heterocycles. The number of hydrogen-bond acceptors (Lipinski definition) is 2. The smallest absolute Gasteiger partial charge is 0.244 e. The lowest BCUT2D eigenvalue weighted by Gasteiger charge is -2.15. The molecule has 1 aliphatic rings. The van der Waals surface area contributed by atoms with Gasteiger partial charge in [-0.2, -0.15) is 0 Å². The Morgan fingerprint density at radius 3 is 2.47 bits per heavy atom. The Labute approximate surface area is 89.6 Å². The molecule has 0 spiro atoms. The van der Waals surface area contributed by atoms with E-state index in [0.29, 0.717) is 0 Å². The van der Waals surface area contributed by atoms with Crippen molar-refractivity contribution in [3.8, 4) is 0 Å². The number of hydrogen-bond donors (Lipinski definition) is 2. The van der Waals surface area contributed by atoms with Crippen molar-refractivity contribution in [2.24, 2.45) is 5.84 Å². The molecule has 0 aliphatic heterocycles. The Balaban J connectivity index is 2.38. The maximum absolute atomic E-state index is 11.7. The molecule has 3 heteroatoms. The van der Waals surface area contributed by atoms with Gasteiger partial charge in [-0.05, 0) is 43.4 Å². The normalized spacial score (nSPS) is 17.3. The van der Waals surface area contributed by atoms with Gasteiger partial charge in [0.05, 0.1) is 5.41 Å². The first kappa shape index (κ1) is 10.2. The molecule has 0 unspecified atom stereocenters. The predicted molar refractivity (Wildman–Crippen MR) is 59.2 cm³/mol. The number of carbonyl (C=O) groups is 1. The van der Waals surface area contributed by atoms with Crippen LogP contribution in [0.1, 0.15) is 29.5 Å². The van der Waals surface area contributed by atoms with Crippen LogP contribution < -0.4 is 11.3 Å². The second-order valence-corrected chi connectivity index (χ2v) is 4.35. The van der Waals surface area contributed by atoms with Crippen LogP contribution >= 0.6 is 0 Å². The predicted octanol–water partition coefficient (Wildman–Crippen LogP) is 1.32. The zero-order chi connectivity index (χ0) is 11.1. The van der Waals surface area contributed by atoms with E-state index in [2.05, 4.69) is 31.4 Å². The second kappa shape index (κ2) is 3.35. The molecule has 0 atom stereocenters. The van der Waals surface area contributed by atoms with Crippen molar-refractivity contribution < 1.29 is 4.79 Å². The lowest BCUT2D eigenvalue weighted by molar-refractivity contribution is -0.123. The minimum atomic E-state index is -0.340. The summed E-state index contributed by atoms with van der Waals surface area (Å²) in [6, 6.07) is 6.19. The molecule has 0 radical (unpaired) electrons. The van der Waals surface area contributed by atoms with E-state index in [4.69, 9.17) is 5.84 Å². The number of amides is 1.